The molecule has 3 aromatic rings. The maximum atomic E-state index is 13.0. The Morgan fingerprint density at radius 3 is 2.03 bits per heavy atom. The number of nitro groups is 1. The van der Waals surface area contributed by atoms with Gasteiger partial charge in [0.25, 0.3) is 5.69 Å². The highest BCUT2D eigenvalue weighted by atomic mass is 16.6. The molecule has 3 rings (SSSR count). The first kappa shape index (κ1) is 22.0. The number of para-hydroxylation sites is 1. The SMILES string of the molecule is CC(=O)c1ccc(C(=O)C(/C=N/Nc2ccccc2)=N/Nc2ccc([N+](=O)[O-])cc2)cc1. The molecule has 0 saturated carbocycles. The molecule has 0 bridgehead atoms. The molecule has 0 heterocycles. The third-order valence-corrected chi connectivity index (χ3v) is 4.32. The summed E-state index contributed by atoms with van der Waals surface area (Å²) in [4.78, 5) is 34.7. The molecule has 0 spiro atoms. The highest BCUT2D eigenvalue weighted by Crippen LogP contribution is 2.15. The number of Topliss-reactive ketones (excluding diaryl/α,β-unsaturated/α-hetero) is 2. The van der Waals surface area contributed by atoms with Gasteiger partial charge < -0.3 is 0 Å². The average Bonchev–Trinajstić information content (AvgIpc) is 2.81. The third kappa shape index (κ3) is 5.92. The van der Waals surface area contributed by atoms with Crippen LogP contribution in [0.25, 0.3) is 0 Å². The second-order valence-corrected chi connectivity index (χ2v) is 6.61. The van der Waals surface area contributed by atoms with E-state index in [2.05, 4.69) is 21.1 Å². The minimum absolute atomic E-state index is 0.0117. The van der Waals surface area contributed by atoms with Gasteiger partial charge in [0.15, 0.2) is 11.5 Å². The Labute approximate surface area is 183 Å². The van der Waals surface area contributed by atoms with E-state index >= 15 is 0 Å². The molecule has 0 aliphatic heterocycles. The quantitative estimate of drug-likeness (QED) is 0.222. The van der Waals surface area contributed by atoms with E-state index in [-0.39, 0.29) is 17.2 Å². The van der Waals surface area contributed by atoms with Crippen LogP contribution >= 0.6 is 0 Å². The number of hydrogen-bond acceptors (Lipinski definition) is 8. The first-order chi connectivity index (χ1) is 15.4. The lowest BCUT2D eigenvalue weighted by Crippen LogP contribution is -2.18. The van der Waals surface area contributed by atoms with Crippen molar-refractivity contribution in [3.63, 3.8) is 0 Å². The molecule has 0 radical (unpaired) electrons. The number of ketones is 2. The number of nitro benzene ring substituents is 1. The van der Waals surface area contributed by atoms with E-state index in [0.717, 1.165) is 5.69 Å². The van der Waals surface area contributed by atoms with Crippen LogP contribution in [0.15, 0.2) is 89.1 Å². The highest BCUT2D eigenvalue weighted by molar-refractivity contribution is 6.64. The van der Waals surface area contributed by atoms with Gasteiger partial charge in [-0.1, -0.05) is 42.5 Å². The van der Waals surface area contributed by atoms with E-state index in [9.17, 15) is 19.7 Å². The predicted octanol–water partition coefficient (Wildman–Crippen LogP) is 4.55. The van der Waals surface area contributed by atoms with Gasteiger partial charge >= 0.3 is 0 Å². The standard InChI is InChI=1S/C23H19N5O4/c1-16(29)17-7-9-18(10-8-17)23(30)22(15-24-25-19-5-3-2-4-6-19)27-26-20-11-13-21(14-12-20)28(31)32/h2-15,25-26H,1H3/b24-15+,27-22+. The van der Waals surface area contributed by atoms with Crippen LogP contribution in [0.5, 0.6) is 0 Å². The second kappa shape index (κ2) is 10.4. The minimum atomic E-state index is -0.505. The topological polar surface area (TPSA) is 126 Å². The van der Waals surface area contributed by atoms with Crippen LogP contribution in [0.4, 0.5) is 17.1 Å². The Kier molecular flexibility index (Phi) is 7.16. The lowest BCUT2D eigenvalue weighted by Gasteiger charge is -2.05. The van der Waals surface area contributed by atoms with Crippen LogP contribution in [-0.4, -0.2) is 28.4 Å². The molecule has 0 aliphatic carbocycles. The number of non-ortho nitro benzene ring substituents is 1. The Balaban J connectivity index is 1.83. The third-order valence-electron chi connectivity index (χ3n) is 4.32. The maximum absolute atomic E-state index is 13.0. The molecule has 160 valence electrons. The molecule has 0 fully saturated rings. The molecular formula is C23H19N5O4. The van der Waals surface area contributed by atoms with Crippen LogP contribution in [-0.2, 0) is 0 Å². The fraction of sp³-hybridized carbons (Fsp3) is 0.0435. The first-order valence-electron chi connectivity index (χ1n) is 9.52. The van der Waals surface area contributed by atoms with Gasteiger partial charge in [-0.25, -0.2) is 0 Å². The zero-order valence-corrected chi connectivity index (χ0v) is 17.1. The Morgan fingerprint density at radius 1 is 0.844 bits per heavy atom. The molecule has 0 aliphatic rings. The van der Waals surface area contributed by atoms with E-state index < -0.39 is 10.7 Å². The van der Waals surface area contributed by atoms with Crippen molar-refractivity contribution in [1.82, 2.24) is 0 Å². The number of nitrogens with zero attached hydrogens (tertiary/aromatic N) is 3. The molecule has 0 saturated heterocycles. The highest BCUT2D eigenvalue weighted by Gasteiger charge is 2.14. The summed E-state index contributed by atoms with van der Waals surface area (Å²) in [5, 5.41) is 19.0. The summed E-state index contributed by atoms with van der Waals surface area (Å²) in [5.74, 6) is -0.528. The van der Waals surface area contributed by atoms with Crippen molar-refractivity contribution in [2.45, 2.75) is 6.92 Å². The number of carbonyl (C=O) groups is 2. The smallest absolute Gasteiger partial charge is 0.269 e. The van der Waals surface area contributed by atoms with Crippen LogP contribution in [0.1, 0.15) is 27.6 Å². The summed E-state index contributed by atoms with van der Waals surface area (Å²) in [6.45, 7) is 1.44. The Morgan fingerprint density at radius 2 is 1.44 bits per heavy atom. The number of anilines is 2. The van der Waals surface area contributed by atoms with Crippen molar-refractivity contribution in [3.8, 4) is 0 Å². The number of hydrogen-bond donors (Lipinski definition) is 2. The van der Waals surface area contributed by atoms with Gasteiger partial charge in [-0.15, -0.1) is 0 Å². The van der Waals surface area contributed by atoms with Crippen molar-refractivity contribution < 1.29 is 14.5 Å². The maximum Gasteiger partial charge on any atom is 0.269 e. The zero-order chi connectivity index (χ0) is 22.9. The molecule has 0 unspecified atom stereocenters. The summed E-state index contributed by atoms with van der Waals surface area (Å²) in [6.07, 6.45) is 1.27. The summed E-state index contributed by atoms with van der Waals surface area (Å²) in [7, 11) is 0. The van der Waals surface area contributed by atoms with Gasteiger partial charge in [0.05, 0.1) is 22.5 Å². The predicted molar refractivity (Wildman–Crippen MR) is 123 cm³/mol. The molecule has 0 amide bonds. The van der Waals surface area contributed by atoms with Crippen molar-refractivity contribution in [2.24, 2.45) is 10.2 Å². The molecule has 2 N–H and O–H groups in total. The van der Waals surface area contributed by atoms with Gasteiger partial charge in [0.1, 0.15) is 0 Å². The largest absolute Gasteiger partial charge is 0.295 e. The van der Waals surface area contributed by atoms with Gasteiger partial charge in [-0.2, -0.15) is 10.2 Å². The summed E-state index contributed by atoms with van der Waals surface area (Å²) in [5.41, 5.74) is 7.45. The van der Waals surface area contributed by atoms with Crippen molar-refractivity contribution in [3.05, 3.63) is 100 Å². The average molecular weight is 429 g/mol. The molecule has 0 aromatic heterocycles. The zero-order valence-electron chi connectivity index (χ0n) is 17.1. The number of hydrazone groups is 2. The number of rotatable bonds is 9. The van der Waals surface area contributed by atoms with Gasteiger partial charge in [-0.05, 0) is 31.2 Å². The molecule has 32 heavy (non-hydrogen) atoms. The molecule has 9 nitrogen and oxygen atoms in total. The van der Waals surface area contributed by atoms with Crippen molar-refractivity contribution >= 4 is 40.6 Å². The van der Waals surface area contributed by atoms with Crippen LogP contribution in [0.3, 0.4) is 0 Å². The van der Waals surface area contributed by atoms with E-state index in [0.29, 0.717) is 16.8 Å². The molecular weight excluding hydrogens is 410 g/mol. The lowest BCUT2D eigenvalue weighted by molar-refractivity contribution is -0.384. The van der Waals surface area contributed by atoms with Crippen LogP contribution in [0.2, 0.25) is 0 Å². The van der Waals surface area contributed by atoms with Crippen molar-refractivity contribution in [2.75, 3.05) is 10.9 Å². The summed E-state index contributed by atoms with van der Waals surface area (Å²) >= 11 is 0. The summed E-state index contributed by atoms with van der Waals surface area (Å²) < 4.78 is 0. The van der Waals surface area contributed by atoms with Crippen LogP contribution in [0, 0.1) is 10.1 Å². The lowest BCUT2D eigenvalue weighted by atomic mass is 10.0. The monoisotopic (exact) mass is 429 g/mol. The number of benzene rings is 3. The Hall–Kier alpha value is -4.66. The minimum Gasteiger partial charge on any atom is -0.295 e. The Bertz CT molecular complexity index is 1170. The molecule has 9 heteroatoms. The van der Waals surface area contributed by atoms with Crippen LogP contribution < -0.4 is 10.9 Å². The second-order valence-electron chi connectivity index (χ2n) is 6.61. The molecule has 3 aromatic carbocycles. The number of carbonyl (C=O) groups excluding carboxylic acids is 2. The summed E-state index contributed by atoms with van der Waals surface area (Å²) in [6, 6.07) is 21.0. The van der Waals surface area contributed by atoms with Gasteiger partial charge in [-0.3, -0.25) is 30.6 Å². The van der Waals surface area contributed by atoms with E-state index in [1.165, 1.54) is 37.4 Å². The van der Waals surface area contributed by atoms with E-state index in [1.54, 1.807) is 24.3 Å². The molecule has 0 atom stereocenters. The van der Waals surface area contributed by atoms with Crippen molar-refractivity contribution in [1.29, 1.82) is 0 Å². The van der Waals surface area contributed by atoms with E-state index in [4.69, 9.17) is 0 Å². The first-order valence-corrected chi connectivity index (χ1v) is 9.52. The normalized spacial score (nSPS) is 11.2. The van der Waals surface area contributed by atoms with Gasteiger partial charge in [0.2, 0.25) is 5.78 Å². The fourth-order valence-corrected chi connectivity index (χ4v) is 2.61. The fourth-order valence-electron chi connectivity index (χ4n) is 2.61. The van der Waals surface area contributed by atoms with Gasteiger partial charge in [0, 0.05) is 23.3 Å². The number of nitrogens with one attached hydrogen (secondary N) is 2. The van der Waals surface area contributed by atoms with E-state index in [1.807, 2.05) is 30.3 Å².